The molecule has 2 rings (SSSR count). The second kappa shape index (κ2) is 3.50. The van der Waals surface area contributed by atoms with E-state index in [-0.39, 0.29) is 5.12 Å². The van der Waals surface area contributed by atoms with Crippen LogP contribution in [0.25, 0.3) is 0 Å². The predicted molar refractivity (Wildman–Crippen MR) is 54.0 cm³/mol. The van der Waals surface area contributed by atoms with Gasteiger partial charge in [-0.3, -0.25) is 9.78 Å². The number of rotatable bonds is 3. The summed E-state index contributed by atoms with van der Waals surface area (Å²) in [7, 11) is 0. The first-order valence-corrected chi connectivity index (χ1v) is 4.89. The number of carbonyl (C=O) groups is 1. The lowest BCUT2D eigenvalue weighted by molar-refractivity contribution is 0.109. The van der Waals surface area contributed by atoms with Gasteiger partial charge in [-0.1, -0.05) is 0 Å². The summed E-state index contributed by atoms with van der Waals surface area (Å²) < 4.78 is 0. The zero-order chi connectivity index (χ0) is 9.26. The molecule has 0 unspecified atom stereocenters. The maximum absolute atomic E-state index is 11.1. The van der Waals surface area contributed by atoms with Crippen LogP contribution in [0.3, 0.4) is 0 Å². The van der Waals surface area contributed by atoms with Crippen molar-refractivity contribution in [3.63, 3.8) is 0 Å². The van der Waals surface area contributed by atoms with Gasteiger partial charge in [0.15, 0.2) is 0 Å². The highest BCUT2D eigenvalue weighted by Gasteiger charge is 2.23. The van der Waals surface area contributed by atoms with Crippen LogP contribution < -0.4 is 0 Å². The van der Waals surface area contributed by atoms with Gasteiger partial charge in [0.25, 0.3) is 0 Å². The molecule has 0 radical (unpaired) electrons. The van der Waals surface area contributed by atoms with Crippen LogP contribution in [0.1, 0.15) is 28.9 Å². The molecule has 68 valence electrons. The minimum Gasteiger partial charge on any atom is -0.282 e. The average Bonchev–Trinajstić information content (AvgIpc) is 2.89. The van der Waals surface area contributed by atoms with Gasteiger partial charge in [-0.2, -0.15) is 0 Å². The maximum Gasteiger partial charge on any atom is 0.218 e. The van der Waals surface area contributed by atoms with E-state index in [9.17, 15) is 4.79 Å². The van der Waals surface area contributed by atoms with Gasteiger partial charge in [0.05, 0.1) is 5.69 Å². The van der Waals surface area contributed by atoms with E-state index in [0.717, 1.165) is 18.0 Å². The van der Waals surface area contributed by atoms with Gasteiger partial charge < -0.3 is 0 Å². The first-order valence-electron chi connectivity index (χ1n) is 4.44. The fourth-order valence-corrected chi connectivity index (χ4v) is 1.59. The van der Waals surface area contributed by atoms with Gasteiger partial charge in [-0.15, -0.1) is 12.6 Å². The molecular weight excluding hydrogens is 182 g/mol. The van der Waals surface area contributed by atoms with E-state index in [1.807, 2.05) is 0 Å². The molecular formula is C10H11NOS. The standard InChI is InChI=1S/C10H11NOS/c12-10(13)8-2-1-5-11-9(8)6-7-3-4-7/h1-2,5,7H,3-4,6H2,(H,12,13). The fourth-order valence-electron chi connectivity index (χ4n) is 1.39. The molecule has 0 spiro atoms. The monoisotopic (exact) mass is 193 g/mol. The van der Waals surface area contributed by atoms with E-state index in [1.54, 1.807) is 18.3 Å². The number of thiol groups is 1. The van der Waals surface area contributed by atoms with E-state index >= 15 is 0 Å². The van der Waals surface area contributed by atoms with Gasteiger partial charge >= 0.3 is 0 Å². The molecule has 0 aliphatic heterocycles. The Bertz CT molecular complexity index is 333. The van der Waals surface area contributed by atoms with E-state index in [4.69, 9.17) is 0 Å². The van der Waals surface area contributed by atoms with Crippen LogP contribution in [0.15, 0.2) is 18.3 Å². The van der Waals surface area contributed by atoms with Crippen molar-refractivity contribution in [1.82, 2.24) is 4.98 Å². The third-order valence-corrected chi connectivity index (χ3v) is 2.54. The molecule has 0 amide bonds. The molecule has 0 atom stereocenters. The van der Waals surface area contributed by atoms with Crippen molar-refractivity contribution in [2.24, 2.45) is 5.92 Å². The number of hydrogen-bond acceptors (Lipinski definition) is 2. The van der Waals surface area contributed by atoms with Crippen molar-refractivity contribution >= 4 is 17.7 Å². The minimum absolute atomic E-state index is 0.177. The number of pyridine rings is 1. The molecule has 2 nitrogen and oxygen atoms in total. The predicted octanol–water partition coefficient (Wildman–Crippen LogP) is 2.10. The summed E-state index contributed by atoms with van der Waals surface area (Å²) in [6.07, 6.45) is 5.22. The topological polar surface area (TPSA) is 30.0 Å². The highest BCUT2D eigenvalue weighted by atomic mass is 32.1. The van der Waals surface area contributed by atoms with Crippen LogP contribution in [-0.4, -0.2) is 10.1 Å². The molecule has 1 aromatic heterocycles. The van der Waals surface area contributed by atoms with Crippen LogP contribution in [-0.2, 0) is 6.42 Å². The van der Waals surface area contributed by atoms with Gasteiger partial charge in [0.1, 0.15) is 0 Å². The van der Waals surface area contributed by atoms with E-state index < -0.39 is 0 Å². The summed E-state index contributed by atoms with van der Waals surface area (Å²) in [6, 6.07) is 3.57. The molecule has 1 saturated carbocycles. The molecule has 3 heteroatoms. The van der Waals surface area contributed by atoms with Crippen LogP contribution in [0.4, 0.5) is 0 Å². The van der Waals surface area contributed by atoms with Gasteiger partial charge in [0.2, 0.25) is 5.12 Å². The number of hydrogen-bond donors (Lipinski definition) is 1. The van der Waals surface area contributed by atoms with Gasteiger partial charge in [-0.05, 0) is 37.3 Å². The SMILES string of the molecule is O=C(S)c1cccnc1CC1CC1. The van der Waals surface area contributed by atoms with Crippen LogP contribution >= 0.6 is 12.6 Å². The first kappa shape index (κ1) is 8.75. The summed E-state index contributed by atoms with van der Waals surface area (Å²) in [5.41, 5.74) is 1.57. The Kier molecular flexibility index (Phi) is 2.36. The Morgan fingerprint density at radius 3 is 3.00 bits per heavy atom. The van der Waals surface area contributed by atoms with Crippen LogP contribution in [0, 0.1) is 5.92 Å². The third-order valence-electron chi connectivity index (χ3n) is 2.30. The molecule has 1 fully saturated rings. The quantitative estimate of drug-likeness (QED) is 0.745. The average molecular weight is 193 g/mol. The first-order chi connectivity index (χ1) is 6.27. The zero-order valence-electron chi connectivity index (χ0n) is 7.23. The Morgan fingerprint density at radius 2 is 2.38 bits per heavy atom. The smallest absolute Gasteiger partial charge is 0.218 e. The number of carbonyl (C=O) groups excluding carboxylic acids is 1. The molecule has 0 N–H and O–H groups in total. The maximum atomic E-state index is 11.1. The lowest BCUT2D eigenvalue weighted by atomic mass is 10.1. The molecule has 1 aliphatic rings. The Hall–Kier alpha value is -0.830. The molecule has 1 aromatic rings. The van der Waals surface area contributed by atoms with Crippen LogP contribution in [0.5, 0.6) is 0 Å². The Labute approximate surface area is 82.8 Å². The van der Waals surface area contributed by atoms with Crippen molar-refractivity contribution < 1.29 is 4.79 Å². The third kappa shape index (κ3) is 2.10. The second-order valence-corrected chi connectivity index (χ2v) is 3.86. The van der Waals surface area contributed by atoms with Crippen molar-refractivity contribution in [1.29, 1.82) is 0 Å². The van der Waals surface area contributed by atoms with Crippen molar-refractivity contribution in [3.8, 4) is 0 Å². The normalized spacial score (nSPS) is 15.8. The summed E-state index contributed by atoms with van der Waals surface area (Å²) >= 11 is 3.82. The van der Waals surface area contributed by atoms with Gasteiger partial charge in [-0.25, -0.2) is 0 Å². The highest BCUT2D eigenvalue weighted by molar-refractivity contribution is 7.97. The van der Waals surface area contributed by atoms with E-state index in [1.165, 1.54) is 12.8 Å². The molecule has 1 aliphatic carbocycles. The molecule has 13 heavy (non-hydrogen) atoms. The summed E-state index contributed by atoms with van der Waals surface area (Å²) in [4.78, 5) is 15.3. The molecule has 0 aromatic carbocycles. The minimum atomic E-state index is -0.177. The van der Waals surface area contributed by atoms with Crippen LogP contribution in [0.2, 0.25) is 0 Å². The van der Waals surface area contributed by atoms with Crippen molar-refractivity contribution in [2.45, 2.75) is 19.3 Å². The van der Waals surface area contributed by atoms with Gasteiger partial charge in [0, 0.05) is 11.8 Å². The number of nitrogens with zero attached hydrogens (tertiary/aromatic N) is 1. The van der Waals surface area contributed by atoms with E-state index in [0.29, 0.717) is 5.56 Å². The Morgan fingerprint density at radius 1 is 1.62 bits per heavy atom. The summed E-state index contributed by atoms with van der Waals surface area (Å²) in [6.45, 7) is 0. The lowest BCUT2D eigenvalue weighted by Crippen LogP contribution is -2.01. The Balaban J connectivity index is 2.25. The highest BCUT2D eigenvalue weighted by Crippen LogP contribution is 2.32. The fraction of sp³-hybridized carbons (Fsp3) is 0.400. The van der Waals surface area contributed by atoms with E-state index in [2.05, 4.69) is 17.6 Å². The second-order valence-electron chi connectivity index (χ2n) is 3.45. The summed E-state index contributed by atoms with van der Waals surface area (Å²) in [5, 5.41) is -0.177. The lowest BCUT2D eigenvalue weighted by Gasteiger charge is -2.02. The summed E-state index contributed by atoms with van der Waals surface area (Å²) in [5.74, 6) is 0.751. The number of aromatic nitrogens is 1. The molecule has 1 heterocycles. The largest absolute Gasteiger partial charge is 0.282 e. The van der Waals surface area contributed by atoms with Crippen molar-refractivity contribution in [3.05, 3.63) is 29.6 Å². The van der Waals surface area contributed by atoms with Crippen molar-refractivity contribution in [2.75, 3.05) is 0 Å². The zero-order valence-corrected chi connectivity index (χ0v) is 8.13. The molecule has 0 saturated heterocycles. The molecule has 0 bridgehead atoms.